The van der Waals surface area contributed by atoms with E-state index in [1.165, 1.54) is 37.7 Å². The first kappa shape index (κ1) is 14.1. The molecule has 1 heterocycles. The highest BCUT2D eigenvalue weighted by Gasteiger charge is 2.34. The predicted octanol–water partition coefficient (Wildman–Crippen LogP) is 3.12. The number of aryl methyl sites for hydroxylation is 2. The number of ether oxygens (including phenoxy) is 1. The summed E-state index contributed by atoms with van der Waals surface area (Å²) in [6.45, 7) is 6.29. The maximum atomic E-state index is 5.72. The second kappa shape index (κ2) is 6.28. The second-order valence-corrected chi connectivity index (χ2v) is 6.61. The second-order valence-electron chi connectivity index (χ2n) is 6.61. The van der Waals surface area contributed by atoms with Gasteiger partial charge in [0, 0.05) is 18.6 Å². The highest BCUT2D eigenvalue weighted by atomic mass is 16.5. The molecule has 0 bridgehead atoms. The summed E-state index contributed by atoms with van der Waals surface area (Å²) in [7, 11) is 0. The molecule has 110 valence electrons. The van der Waals surface area contributed by atoms with Gasteiger partial charge in [-0.25, -0.2) is 0 Å². The molecule has 2 heteroatoms. The molecule has 2 nitrogen and oxygen atoms in total. The molecule has 20 heavy (non-hydrogen) atoms. The predicted molar refractivity (Wildman–Crippen MR) is 83.2 cm³/mol. The molecule has 1 unspecified atom stereocenters. The van der Waals surface area contributed by atoms with E-state index in [0.717, 1.165) is 32.7 Å². The Morgan fingerprint density at radius 2 is 2.15 bits per heavy atom. The summed E-state index contributed by atoms with van der Waals surface area (Å²) in [4.78, 5) is 0. The molecule has 0 saturated carbocycles. The van der Waals surface area contributed by atoms with Crippen molar-refractivity contribution in [3.8, 4) is 0 Å². The van der Waals surface area contributed by atoms with E-state index in [4.69, 9.17) is 4.74 Å². The van der Waals surface area contributed by atoms with Crippen LogP contribution in [-0.4, -0.2) is 26.3 Å². The summed E-state index contributed by atoms with van der Waals surface area (Å²) >= 11 is 0. The summed E-state index contributed by atoms with van der Waals surface area (Å²) in [6.07, 6.45) is 7.46. The average Bonchev–Trinajstić information content (AvgIpc) is 3.08. The van der Waals surface area contributed by atoms with Gasteiger partial charge >= 0.3 is 0 Å². The number of nitrogens with one attached hydrogen (secondary N) is 1. The monoisotopic (exact) mass is 273 g/mol. The third-order valence-electron chi connectivity index (χ3n) is 4.85. The largest absolute Gasteiger partial charge is 0.381 e. The van der Waals surface area contributed by atoms with Crippen molar-refractivity contribution < 1.29 is 4.74 Å². The minimum Gasteiger partial charge on any atom is -0.381 e. The SMILES string of the molecule is CCCNCC1(Cc2ccc3c(c2)CCC3)CCOC1. The Labute approximate surface area is 122 Å². The van der Waals surface area contributed by atoms with Crippen molar-refractivity contribution in [2.24, 2.45) is 5.41 Å². The van der Waals surface area contributed by atoms with E-state index in [1.807, 2.05) is 0 Å². The maximum absolute atomic E-state index is 5.72. The van der Waals surface area contributed by atoms with E-state index in [1.54, 1.807) is 11.1 Å². The zero-order valence-electron chi connectivity index (χ0n) is 12.7. The van der Waals surface area contributed by atoms with Crippen LogP contribution < -0.4 is 5.32 Å². The van der Waals surface area contributed by atoms with Crippen molar-refractivity contribution >= 4 is 0 Å². The summed E-state index contributed by atoms with van der Waals surface area (Å²) in [5.41, 5.74) is 5.00. The lowest BCUT2D eigenvalue weighted by atomic mass is 9.80. The minimum absolute atomic E-state index is 0.321. The van der Waals surface area contributed by atoms with Crippen molar-refractivity contribution in [3.05, 3.63) is 34.9 Å². The topological polar surface area (TPSA) is 21.3 Å². The third kappa shape index (κ3) is 3.07. The Kier molecular flexibility index (Phi) is 4.42. The van der Waals surface area contributed by atoms with Crippen LogP contribution in [0.1, 0.15) is 42.9 Å². The summed E-state index contributed by atoms with van der Waals surface area (Å²) in [5, 5.41) is 3.61. The number of hydrogen-bond acceptors (Lipinski definition) is 2. The fourth-order valence-corrected chi connectivity index (χ4v) is 3.69. The van der Waals surface area contributed by atoms with Gasteiger partial charge in [0.1, 0.15) is 0 Å². The molecule has 1 aromatic carbocycles. The number of hydrogen-bond donors (Lipinski definition) is 1. The van der Waals surface area contributed by atoms with Crippen LogP contribution in [0.4, 0.5) is 0 Å². The molecule has 1 aliphatic carbocycles. The van der Waals surface area contributed by atoms with E-state index in [0.29, 0.717) is 5.41 Å². The molecule has 1 N–H and O–H groups in total. The van der Waals surface area contributed by atoms with E-state index >= 15 is 0 Å². The van der Waals surface area contributed by atoms with Crippen LogP contribution in [0.25, 0.3) is 0 Å². The van der Waals surface area contributed by atoms with E-state index in [-0.39, 0.29) is 0 Å². The molecule has 1 fully saturated rings. The van der Waals surface area contributed by atoms with Gasteiger partial charge in [0.05, 0.1) is 6.61 Å². The molecule has 1 atom stereocenters. The summed E-state index contributed by atoms with van der Waals surface area (Å²) in [6, 6.07) is 7.17. The Bertz CT molecular complexity index is 449. The molecule has 1 aromatic rings. The molecule has 0 spiro atoms. The fraction of sp³-hybridized carbons (Fsp3) is 0.667. The molecule has 1 saturated heterocycles. The zero-order chi connectivity index (χ0) is 13.8. The van der Waals surface area contributed by atoms with Crippen molar-refractivity contribution in [1.82, 2.24) is 5.32 Å². The molecular formula is C18H27NO. The van der Waals surface area contributed by atoms with Crippen LogP contribution in [0.15, 0.2) is 18.2 Å². The van der Waals surface area contributed by atoms with Gasteiger partial charge < -0.3 is 10.1 Å². The summed E-state index contributed by atoms with van der Waals surface area (Å²) < 4.78 is 5.72. The third-order valence-corrected chi connectivity index (χ3v) is 4.85. The molecule has 0 radical (unpaired) electrons. The van der Waals surface area contributed by atoms with Crippen LogP contribution in [-0.2, 0) is 24.0 Å². The molecule has 0 aromatic heterocycles. The number of fused-ring (bicyclic) bond motifs is 1. The van der Waals surface area contributed by atoms with Gasteiger partial charge in [0.25, 0.3) is 0 Å². The highest BCUT2D eigenvalue weighted by Crippen LogP contribution is 2.33. The van der Waals surface area contributed by atoms with Crippen LogP contribution in [0.5, 0.6) is 0 Å². The van der Waals surface area contributed by atoms with Crippen LogP contribution in [0, 0.1) is 5.41 Å². The Hall–Kier alpha value is -0.860. The van der Waals surface area contributed by atoms with Gasteiger partial charge in [-0.05, 0) is 61.8 Å². The van der Waals surface area contributed by atoms with E-state index in [9.17, 15) is 0 Å². The van der Waals surface area contributed by atoms with Gasteiger partial charge in [-0.1, -0.05) is 25.1 Å². The first-order valence-corrected chi connectivity index (χ1v) is 8.20. The molecular weight excluding hydrogens is 246 g/mol. The van der Waals surface area contributed by atoms with Gasteiger partial charge in [-0.15, -0.1) is 0 Å². The lowest BCUT2D eigenvalue weighted by Gasteiger charge is -2.28. The number of benzene rings is 1. The van der Waals surface area contributed by atoms with Crippen molar-refractivity contribution in [3.63, 3.8) is 0 Å². The fourth-order valence-electron chi connectivity index (χ4n) is 3.69. The van der Waals surface area contributed by atoms with Gasteiger partial charge in [-0.2, -0.15) is 0 Å². The Balaban J connectivity index is 1.69. The molecule has 2 aliphatic rings. The molecule has 0 amide bonds. The zero-order valence-corrected chi connectivity index (χ0v) is 12.7. The van der Waals surface area contributed by atoms with Gasteiger partial charge in [-0.3, -0.25) is 0 Å². The standard InChI is InChI=1S/C18H27NO/c1-2-9-19-13-18(8-10-20-14-18)12-15-6-7-16-4-3-5-17(16)11-15/h6-7,11,19H,2-5,8-10,12-14H2,1H3. The van der Waals surface area contributed by atoms with Crippen LogP contribution in [0.3, 0.4) is 0 Å². The highest BCUT2D eigenvalue weighted by molar-refractivity contribution is 5.35. The van der Waals surface area contributed by atoms with Crippen LogP contribution >= 0.6 is 0 Å². The smallest absolute Gasteiger partial charge is 0.0538 e. The van der Waals surface area contributed by atoms with Gasteiger partial charge in [0.2, 0.25) is 0 Å². The Morgan fingerprint density at radius 3 is 2.95 bits per heavy atom. The van der Waals surface area contributed by atoms with Crippen molar-refractivity contribution in [2.45, 2.75) is 45.4 Å². The lowest BCUT2D eigenvalue weighted by molar-refractivity contribution is 0.149. The van der Waals surface area contributed by atoms with E-state index in [2.05, 4.69) is 30.4 Å². The quantitative estimate of drug-likeness (QED) is 0.804. The lowest BCUT2D eigenvalue weighted by Crippen LogP contribution is -2.37. The molecule has 1 aliphatic heterocycles. The Morgan fingerprint density at radius 1 is 1.25 bits per heavy atom. The van der Waals surface area contributed by atoms with Crippen molar-refractivity contribution in [2.75, 3.05) is 26.3 Å². The normalized spacial score (nSPS) is 25.1. The molecule has 3 rings (SSSR count). The van der Waals surface area contributed by atoms with Crippen molar-refractivity contribution in [1.29, 1.82) is 0 Å². The summed E-state index contributed by atoms with van der Waals surface area (Å²) in [5.74, 6) is 0. The van der Waals surface area contributed by atoms with Gasteiger partial charge in [0.15, 0.2) is 0 Å². The maximum Gasteiger partial charge on any atom is 0.0538 e. The minimum atomic E-state index is 0.321. The van der Waals surface area contributed by atoms with Crippen LogP contribution in [0.2, 0.25) is 0 Å². The first-order valence-electron chi connectivity index (χ1n) is 8.20. The number of rotatable bonds is 6. The first-order chi connectivity index (χ1) is 9.81. The average molecular weight is 273 g/mol. The van der Waals surface area contributed by atoms with E-state index < -0.39 is 0 Å².